The molecule has 0 amide bonds. The molecule has 0 bridgehead atoms. The van der Waals surface area contributed by atoms with Gasteiger partial charge in [0.2, 0.25) is 0 Å². The lowest BCUT2D eigenvalue weighted by Gasteiger charge is -2.24. The van der Waals surface area contributed by atoms with E-state index in [9.17, 15) is 5.11 Å². The SMILES string of the molecule is OC(C1=CCCCO1)C1CC2CC2C1. The monoisotopic (exact) mass is 194 g/mol. The van der Waals surface area contributed by atoms with Crippen LogP contribution in [0, 0.1) is 17.8 Å². The third kappa shape index (κ3) is 1.46. The van der Waals surface area contributed by atoms with Gasteiger partial charge in [-0.15, -0.1) is 0 Å². The van der Waals surface area contributed by atoms with Crippen LogP contribution < -0.4 is 0 Å². The zero-order chi connectivity index (χ0) is 9.54. The Balaban J connectivity index is 1.63. The molecule has 0 saturated heterocycles. The van der Waals surface area contributed by atoms with E-state index in [0.717, 1.165) is 37.0 Å². The molecule has 2 heteroatoms. The predicted molar refractivity (Wildman–Crippen MR) is 53.6 cm³/mol. The van der Waals surface area contributed by atoms with Gasteiger partial charge in [0, 0.05) is 0 Å². The first-order valence-corrected chi connectivity index (χ1v) is 5.85. The molecule has 3 rings (SSSR count). The molecule has 1 heterocycles. The van der Waals surface area contributed by atoms with Crippen molar-refractivity contribution in [2.24, 2.45) is 17.8 Å². The Morgan fingerprint density at radius 3 is 2.71 bits per heavy atom. The van der Waals surface area contributed by atoms with E-state index < -0.39 is 0 Å². The number of ether oxygens (including phenoxy) is 1. The van der Waals surface area contributed by atoms with Crippen molar-refractivity contribution in [1.29, 1.82) is 0 Å². The van der Waals surface area contributed by atoms with Gasteiger partial charge < -0.3 is 9.84 Å². The van der Waals surface area contributed by atoms with Crippen molar-refractivity contribution in [3.8, 4) is 0 Å². The topological polar surface area (TPSA) is 29.5 Å². The second-order valence-corrected chi connectivity index (χ2v) is 5.03. The lowest BCUT2D eigenvalue weighted by molar-refractivity contribution is 0.0530. The summed E-state index contributed by atoms with van der Waals surface area (Å²) in [6.45, 7) is 0.794. The molecule has 2 nitrogen and oxygen atoms in total. The summed E-state index contributed by atoms with van der Waals surface area (Å²) < 4.78 is 5.51. The molecule has 78 valence electrons. The van der Waals surface area contributed by atoms with Crippen molar-refractivity contribution in [3.05, 3.63) is 11.8 Å². The minimum absolute atomic E-state index is 0.303. The van der Waals surface area contributed by atoms with Crippen LogP contribution >= 0.6 is 0 Å². The van der Waals surface area contributed by atoms with Crippen LogP contribution in [0.5, 0.6) is 0 Å². The van der Waals surface area contributed by atoms with Crippen molar-refractivity contribution < 1.29 is 9.84 Å². The van der Waals surface area contributed by atoms with Crippen LogP contribution in [-0.4, -0.2) is 17.8 Å². The van der Waals surface area contributed by atoms with E-state index in [-0.39, 0.29) is 6.10 Å². The van der Waals surface area contributed by atoms with E-state index >= 15 is 0 Å². The van der Waals surface area contributed by atoms with Gasteiger partial charge in [-0.05, 0) is 55.9 Å². The van der Waals surface area contributed by atoms with Crippen molar-refractivity contribution in [2.75, 3.05) is 6.61 Å². The molecule has 0 aromatic heterocycles. The summed E-state index contributed by atoms with van der Waals surface area (Å²) >= 11 is 0. The number of rotatable bonds is 2. The molecular formula is C12H18O2. The maximum Gasteiger partial charge on any atom is 0.121 e. The third-order valence-corrected chi connectivity index (χ3v) is 3.98. The molecule has 0 aromatic carbocycles. The molecule has 0 aromatic rings. The number of hydrogen-bond donors (Lipinski definition) is 1. The first kappa shape index (κ1) is 8.78. The summed E-state index contributed by atoms with van der Waals surface area (Å²) in [6.07, 6.45) is 7.83. The fraction of sp³-hybridized carbons (Fsp3) is 0.833. The second-order valence-electron chi connectivity index (χ2n) is 5.03. The van der Waals surface area contributed by atoms with E-state index in [1.54, 1.807) is 0 Å². The number of aliphatic hydroxyl groups is 1. The van der Waals surface area contributed by atoms with Gasteiger partial charge in [0.1, 0.15) is 11.9 Å². The van der Waals surface area contributed by atoms with Crippen molar-refractivity contribution in [3.63, 3.8) is 0 Å². The molecule has 1 N–H and O–H groups in total. The number of hydrogen-bond acceptors (Lipinski definition) is 2. The molecule has 0 spiro atoms. The van der Waals surface area contributed by atoms with Crippen LogP contribution in [0.1, 0.15) is 32.1 Å². The molecule has 3 aliphatic rings. The van der Waals surface area contributed by atoms with Gasteiger partial charge in [0.15, 0.2) is 0 Å². The summed E-state index contributed by atoms with van der Waals surface area (Å²) in [6, 6.07) is 0. The summed E-state index contributed by atoms with van der Waals surface area (Å²) in [4.78, 5) is 0. The van der Waals surface area contributed by atoms with Crippen molar-refractivity contribution in [2.45, 2.75) is 38.2 Å². The molecule has 0 radical (unpaired) electrons. The second kappa shape index (κ2) is 3.27. The molecule has 1 aliphatic heterocycles. The lowest BCUT2D eigenvalue weighted by Crippen LogP contribution is -2.24. The van der Waals surface area contributed by atoms with E-state index in [0.29, 0.717) is 5.92 Å². The van der Waals surface area contributed by atoms with Gasteiger partial charge in [-0.2, -0.15) is 0 Å². The van der Waals surface area contributed by atoms with Crippen LogP contribution in [0.25, 0.3) is 0 Å². The number of aliphatic hydroxyl groups excluding tert-OH is 1. The molecule has 2 aliphatic carbocycles. The quantitative estimate of drug-likeness (QED) is 0.729. The highest BCUT2D eigenvalue weighted by Gasteiger charge is 2.48. The predicted octanol–water partition coefficient (Wildman–Crippen LogP) is 2.09. The van der Waals surface area contributed by atoms with Crippen LogP contribution in [0.3, 0.4) is 0 Å². The van der Waals surface area contributed by atoms with Gasteiger partial charge in [-0.3, -0.25) is 0 Å². The van der Waals surface area contributed by atoms with E-state index in [2.05, 4.69) is 6.08 Å². The maximum atomic E-state index is 10.1. The van der Waals surface area contributed by atoms with Gasteiger partial charge in [-0.25, -0.2) is 0 Å². The van der Waals surface area contributed by atoms with E-state index in [1.807, 2.05) is 0 Å². The zero-order valence-electron chi connectivity index (χ0n) is 8.48. The maximum absolute atomic E-state index is 10.1. The lowest BCUT2D eigenvalue weighted by atomic mass is 9.94. The number of fused-ring (bicyclic) bond motifs is 1. The summed E-state index contributed by atoms with van der Waals surface area (Å²) in [7, 11) is 0. The highest BCUT2D eigenvalue weighted by molar-refractivity contribution is 5.08. The van der Waals surface area contributed by atoms with Gasteiger partial charge in [0.25, 0.3) is 0 Å². The minimum atomic E-state index is -0.303. The fourth-order valence-corrected chi connectivity index (χ4v) is 3.03. The Morgan fingerprint density at radius 2 is 2.07 bits per heavy atom. The summed E-state index contributed by atoms with van der Waals surface area (Å²) in [5, 5.41) is 10.1. The zero-order valence-corrected chi connectivity index (χ0v) is 8.48. The van der Waals surface area contributed by atoms with E-state index in [4.69, 9.17) is 4.74 Å². The third-order valence-electron chi connectivity index (χ3n) is 3.98. The van der Waals surface area contributed by atoms with Crippen molar-refractivity contribution >= 4 is 0 Å². The highest BCUT2D eigenvalue weighted by Crippen LogP contribution is 2.55. The Hall–Kier alpha value is -0.500. The smallest absolute Gasteiger partial charge is 0.121 e. The van der Waals surface area contributed by atoms with Crippen molar-refractivity contribution in [1.82, 2.24) is 0 Å². The average Bonchev–Trinajstić information content (AvgIpc) is 2.86. The first-order valence-electron chi connectivity index (χ1n) is 5.85. The summed E-state index contributed by atoms with van der Waals surface area (Å²) in [5.41, 5.74) is 0. The Morgan fingerprint density at radius 1 is 1.29 bits per heavy atom. The molecular weight excluding hydrogens is 176 g/mol. The highest BCUT2D eigenvalue weighted by atomic mass is 16.5. The van der Waals surface area contributed by atoms with Gasteiger partial charge in [-0.1, -0.05) is 0 Å². The molecule has 3 unspecified atom stereocenters. The molecule has 2 saturated carbocycles. The Labute approximate surface area is 85.0 Å². The normalized spacial score (nSPS) is 42.4. The first-order chi connectivity index (χ1) is 6.84. The minimum Gasteiger partial charge on any atom is -0.495 e. The molecule has 14 heavy (non-hydrogen) atoms. The molecule has 2 fully saturated rings. The molecule has 3 atom stereocenters. The van der Waals surface area contributed by atoms with Gasteiger partial charge >= 0.3 is 0 Å². The van der Waals surface area contributed by atoms with Crippen LogP contribution in [-0.2, 0) is 4.74 Å². The Bertz CT molecular complexity index is 249. The largest absolute Gasteiger partial charge is 0.495 e. The number of allylic oxidation sites excluding steroid dienone is 1. The van der Waals surface area contributed by atoms with Crippen LogP contribution in [0.2, 0.25) is 0 Å². The Kier molecular flexibility index (Phi) is 2.05. The van der Waals surface area contributed by atoms with Gasteiger partial charge in [0.05, 0.1) is 6.61 Å². The standard InChI is InChI=1S/C12H18O2/c13-12(11-3-1-2-4-14-11)10-6-8-5-9(8)7-10/h3,8-10,12-13H,1-2,4-7H2. The summed E-state index contributed by atoms with van der Waals surface area (Å²) in [5.74, 6) is 3.24. The van der Waals surface area contributed by atoms with E-state index in [1.165, 1.54) is 19.3 Å². The fourth-order valence-electron chi connectivity index (χ4n) is 3.03. The average molecular weight is 194 g/mol. The van der Waals surface area contributed by atoms with Crippen LogP contribution in [0.4, 0.5) is 0 Å². The van der Waals surface area contributed by atoms with Crippen LogP contribution in [0.15, 0.2) is 11.8 Å².